The summed E-state index contributed by atoms with van der Waals surface area (Å²) >= 11 is 0. The summed E-state index contributed by atoms with van der Waals surface area (Å²) < 4.78 is 34.9. The standard InChI is InChI=1S/C26H47N7O13/c1-2-3-33-23(40)22-21(44-25-12(32)17(38)15(36)10(6-28)42-25)18(39)26(46-22)45-20-13(34)7(29)4-8(30)19(20)43-24-11(31)16(37)14(35)9(5-27)41-24/h1,7-22,24-26,34-39H,3-6,27-32H2,(H,33,40)/t7-,8?,9?,10+,11?,12?,13?,14-,15-,16-,17?,18?,19-,20-,21-,22+,24-,25-,26-/m1/s1. The molecule has 20 heteroatoms. The Hall–Kier alpha value is -1.69. The molecule has 3 saturated heterocycles. The Bertz CT molecular complexity index is 1060. The van der Waals surface area contributed by atoms with Gasteiger partial charge in [0.05, 0.1) is 24.7 Å². The summed E-state index contributed by atoms with van der Waals surface area (Å²) in [6.07, 6.45) is -16.3. The van der Waals surface area contributed by atoms with Crippen LogP contribution in [-0.4, -0.2) is 172 Å². The van der Waals surface area contributed by atoms with E-state index in [1.807, 2.05) is 0 Å². The molecule has 264 valence electrons. The molecule has 0 spiro atoms. The van der Waals surface area contributed by atoms with Crippen LogP contribution >= 0.6 is 0 Å². The zero-order valence-electron chi connectivity index (χ0n) is 24.9. The van der Waals surface area contributed by atoms with Crippen molar-refractivity contribution >= 4 is 5.91 Å². The molecular formula is C26H47N7O13. The first-order chi connectivity index (χ1) is 21.7. The minimum atomic E-state index is -1.77. The topological polar surface area (TPSA) is 362 Å². The van der Waals surface area contributed by atoms with Crippen LogP contribution in [0.25, 0.3) is 0 Å². The van der Waals surface area contributed by atoms with E-state index in [2.05, 4.69) is 11.2 Å². The molecule has 0 aromatic carbocycles. The molecule has 19 N–H and O–H groups in total. The first-order valence-electron chi connectivity index (χ1n) is 14.9. The summed E-state index contributed by atoms with van der Waals surface area (Å²) in [4.78, 5) is 13.0. The van der Waals surface area contributed by atoms with Crippen LogP contribution in [0.5, 0.6) is 0 Å². The maximum absolute atomic E-state index is 13.0. The van der Waals surface area contributed by atoms with Crippen molar-refractivity contribution in [3.63, 3.8) is 0 Å². The molecule has 1 saturated carbocycles. The van der Waals surface area contributed by atoms with Gasteiger partial charge >= 0.3 is 0 Å². The molecule has 4 aliphatic rings. The average molecular weight is 666 g/mol. The molecule has 7 unspecified atom stereocenters. The maximum Gasteiger partial charge on any atom is 0.252 e. The predicted molar refractivity (Wildman–Crippen MR) is 153 cm³/mol. The van der Waals surface area contributed by atoms with Crippen molar-refractivity contribution in [1.29, 1.82) is 0 Å². The van der Waals surface area contributed by atoms with Crippen molar-refractivity contribution in [2.45, 2.75) is 123 Å². The van der Waals surface area contributed by atoms with Gasteiger partial charge in [0, 0.05) is 25.2 Å². The highest BCUT2D eigenvalue weighted by molar-refractivity contribution is 5.82. The average Bonchev–Trinajstić information content (AvgIpc) is 3.34. The van der Waals surface area contributed by atoms with E-state index in [1.165, 1.54) is 0 Å². The summed E-state index contributed by atoms with van der Waals surface area (Å²) in [6.45, 7) is -0.609. The number of nitrogens with two attached hydrogens (primary N) is 6. The Balaban J connectivity index is 1.57. The van der Waals surface area contributed by atoms with E-state index in [-0.39, 0.29) is 26.1 Å². The fourth-order valence-corrected chi connectivity index (χ4v) is 5.96. The van der Waals surface area contributed by atoms with Crippen LogP contribution in [0.3, 0.4) is 0 Å². The minimum Gasteiger partial charge on any atom is -0.389 e. The number of carbonyl (C=O) groups is 1. The fourth-order valence-electron chi connectivity index (χ4n) is 5.96. The number of carbonyl (C=O) groups excluding carboxylic acids is 1. The second-order valence-corrected chi connectivity index (χ2v) is 11.9. The number of hydrogen-bond donors (Lipinski definition) is 13. The molecular weight excluding hydrogens is 618 g/mol. The van der Waals surface area contributed by atoms with Gasteiger partial charge in [0.1, 0.15) is 61.0 Å². The van der Waals surface area contributed by atoms with Gasteiger partial charge in [-0.2, -0.15) is 0 Å². The van der Waals surface area contributed by atoms with Gasteiger partial charge in [-0.1, -0.05) is 5.92 Å². The third kappa shape index (κ3) is 7.47. The Morgan fingerprint density at radius 1 is 0.696 bits per heavy atom. The van der Waals surface area contributed by atoms with E-state index >= 15 is 0 Å². The lowest BCUT2D eigenvalue weighted by Gasteiger charge is -2.47. The number of amides is 1. The molecule has 4 rings (SSSR count). The summed E-state index contributed by atoms with van der Waals surface area (Å²) in [5, 5.41) is 66.1. The van der Waals surface area contributed by atoms with Crippen molar-refractivity contribution in [3.8, 4) is 12.3 Å². The number of hydrogen-bond acceptors (Lipinski definition) is 19. The lowest BCUT2D eigenvalue weighted by atomic mass is 9.84. The Labute approximate surface area is 264 Å². The van der Waals surface area contributed by atoms with Gasteiger partial charge in [-0.3, -0.25) is 4.79 Å². The van der Waals surface area contributed by atoms with Crippen LogP contribution in [0.4, 0.5) is 0 Å². The van der Waals surface area contributed by atoms with E-state index < -0.39 is 122 Å². The second kappa shape index (κ2) is 15.7. The third-order valence-corrected chi connectivity index (χ3v) is 8.72. The molecule has 3 heterocycles. The van der Waals surface area contributed by atoms with Crippen molar-refractivity contribution in [2.75, 3.05) is 19.6 Å². The summed E-state index contributed by atoms with van der Waals surface area (Å²) in [5.41, 5.74) is 35.8. The SMILES string of the molecule is C#CCNC(=O)[C@H]1O[C@@H](O[C@@H]2C(O)[C@H](N)CC(N)[C@H]2O[C@H]2OC(CN)[C@@H](O)[C@H](O)C2N)C(O)[C@H]1O[C@H]1O[C@@H](CN)[C@@H](O)C(O)C1N. The molecule has 0 radical (unpaired) electrons. The smallest absolute Gasteiger partial charge is 0.252 e. The molecule has 0 aromatic heterocycles. The Morgan fingerprint density at radius 2 is 1.20 bits per heavy atom. The zero-order chi connectivity index (χ0) is 34.0. The molecule has 3 aliphatic heterocycles. The predicted octanol–water partition coefficient (Wildman–Crippen LogP) is -9.14. The van der Waals surface area contributed by atoms with E-state index in [0.717, 1.165) is 0 Å². The Kier molecular flexibility index (Phi) is 12.7. The van der Waals surface area contributed by atoms with E-state index in [1.54, 1.807) is 0 Å². The number of terminal acetylenes is 1. The van der Waals surface area contributed by atoms with Crippen molar-refractivity contribution in [3.05, 3.63) is 0 Å². The second-order valence-electron chi connectivity index (χ2n) is 11.9. The molecule has 20 nitrogen and oxygen atoms in total. The van der Waals surface area contributed by atoms with E-state index in [4.69, 9.17) is 69.2 Å². The monoisotopic (exact) mass is 665 g/mol. The summed E-state index contributed by atoms with van der Waals surface area (Å²) in [7, 11) is 0. The molecule has 46 heavy (non-hydrogen) atoms. The Morgan fingerprint density at radius 3 is 1.70 bits per heavy atom. The highest BCUT2D eigenvalue weighted by atomic mass is 16.8. The van der Waals surface area contributed by atoms with Gasteiger partial charge in [-0.15, -0.1) is 6.42 Å². The van der Waals surface area contributed by atoms with Crippen LogP contribution in [-0.2, 0) is 33.2 Å². The number of aliphatic hydroxyl groups is 6. The summed E-state index contributed by atoms with van der Waals surface area (Å²) in [5.74, 6) is 1.41. The largest absolute Gasteiger partial charge is 0.389 e. The summed E-state index contributed by atoms with van der Waals surface area (Å²) in [6, 6.07) is -4.44. The van der Waals surface area contributed by atoms with Gasteiger partial charge in [-0.05, 0) is 6.42 Å². The van der Waals surface area contributed by atoms with Gasteiger partial charge < -0.3 is 98.8 Å². The lowest BCUT2D eigenvalue weighted by Crippen LogP contribution is -2.68. The normalized spacial score (nSPS) is 49.8. The number of nitrogens with one attached hydrogen (secondary N) is 1. The maximum atomic E-state index is 13.0. The van der Waals surface area contributed by atoms with E-state index in [9.17, 15) is 35.4 Å². The number of rotatable bonds is 10. The quantitative estimate of drug-likeness (QED) is 0.0963. The molecule has 0 bridgehead atoms. The van der Waals surface area contributed by atoms with Crippen molar-refractivity contribution < 1.29 is 63.9 Å². The molecule has 19 atom stereocenters. The molecule has 4 fully saturated rings. The van der Waals surface area contributed by atoms with Crippen LogP contribution < -0.4 is 39.7 Å². The number of aliphatic hydroxyl groups excluding tert-OH is 6. The van der Waals surface area contributed by atoms with Crippen LogP contribution in [0.15, 0.2) is 0 Å². The van der Waals surface area contributed by atoms with Crippen LogP contribution in [0.2, 0.25) is 0 Å². The van der Waals surface area contributed by atoms with Crippen LogP contribution in [0, 0.1) is 12.3 Å². The first-order valence-corrected chi connectivity index (χ1v) is 14.9. The van der Waals surface area contributed by atoms with Crippen molar-refractivity contribution in [2.24, 2.45) is 34.4 Å². The molecule has 1 amide bonds. The van der Waals surface area contributed by atoms with Gasteiger partial charge in [0.25, 0.3) is 5.91 Å². The third-order valence-electron chi connectivity index (χ3n) is 8.72. The first kappa shape index (κ1) is 37.1. The zero-order valence-corrected chi connectivity index (χ0v) is 24.9. The highest BCUT2D eigenvalue weighted by Gasteiger charge is 2.56. The van der Waals surface area contributed by atoms with Crippen LogP contribution in [0.1, 0.15) is 6.42 Å². The van der Waals surface area contributed by atoms with Gasteiger partial charge in [0.15, 0.2) is 25.0 Å². The molecule has 0 aromatic rings. The minimum absolute atomic E-state index is 0.0451. The number of ether oxygens (including phenoxy) is 6. The molecule has 1 aliphatic carbocycles. The fraction of sp³-hybridized carbons (Fsp3) is 0.885. The van der Waals surface area contributed by atoms with Gasteiger partial charge in [0.2, 0.25) is 0 Å². The van der Waals surface area contributed by atoms with Gasteiger partial charge in [-0.25, -0.2) is 0 Å². The van der Waals surface area contributed by atoms with E-state index in [0.29, 0.717) is 0 Å². The van der Waals surface area contributed by atoms with Crippen molar-refractivity contribution in [1.82, 2.24) is 5.32 Å². The highest BCUT2D eigenvalue weighted by Crippen LogP contribution is 2.34. The lowest BCUT2D eigenvalue weighted by molar-refractivity contribution is -0.306.